The van der Waals surface area contributed by atoms with Gasteiger partial charge < -0.3 is 4.74 Å². The zero-order chi connectivity index (χ0) is 14.5. The Bertz CT molecular complexity index is 750. The van der Waals surface area contributed by atoms with Crippen molar-refractivity contribution in [2.45, 2.75) is 13.0 Å². The van der Waals surface area contributed by atoms with Crippen molar-refractivity contribution >= 4 is 10.9 Å². The van der Waals surface area contributed by atoms with E-state index in [0.29, 0.717) is 6.61 Å². The van der Waals surface area contributed by atoms with E-state index in [2.05, 4.69) is 35.8 Å². The molecule has 0 radical (unpaired) electrons. The van der Waals surface area contributed by atoms with Crippen molar-refractivity contribution in [1.82, 2.24) is 4.98 Å². The van der Waals surface area contributed by atoms with Crippen molar-refractivity contribution in [1.29, 1.82) is 0 Å². The van der Waals surface area contributed by atoms with Gasteiger partial charge in [0, 0.05) is 11.6 Å². The molecular formula is C19H17NO. The van der Waals surface area contributed by atoms with E-state index in [4.69, 9.17) is 4.74 Å². The third kappa shape index (κ3) is 2.95. The minimum absolute atomic E-state index is 0.555. The van der Waals surface area contributed by atoms with Gasteiger partial charge in [0.05, 0.1) is 5.52 Å². The molecule has 2 aromatic carbocycles. The highest BCUT2D eigenvalue weighted by atomic mass is 16.5. The van der Waals surface area contributed by atoms with Gasteiger partial charge >= 0.3 is 0 Å². The fourth-order valence-electron chi connectivity index (χ4n) is 2.39. The Balaban J connectivity index is 1.98. The van der Waals surface area contributed by atoms with Gasteiger partial charge in [-0.05, 0) is 35.7 Å². The second kappa shape index (κ2) is 6.23. The first-order valence-corrected chi connectivity index (χ1v) is 7.02. The van der Waals surface area contributed by atoms with E-state index >= 15 is 0 Å². The predicted octanol–water partition coefficient (Wildman–Crippen LogP) is 4.54. The van der Waals surface area contributed by atoms with E-state index in [1.54, 1.807) is 6.20 Å². The fourth-order valence-corrected chi connectivity index (χ4v) is 2.39. The van der Waals surface area contributed by atoms with Crippen LogP contribution in [0, 0.1) is 0 Å². The molecule has 0 unspecified atom stereocenters. The maximum atomic E-state index is 6.10. The summed E-state index contributed by atoms with van der Waals surface area (Å²) in [5, 5.41) is 1.05. The average molecular weight is 275 g/mol. The van der Waals surface area contributed by atoms with Crippen LogP contribution in [0.4, 0.5) is 0 Å². The first kappa shape index (κ1) is 13.4. The molecule has 3 aromatic rings. The van der Waals surface area contributed by atoms with Gasteiger partial charge in [-0.1, -0.05) is 42.5 Å². The Hall–Kier alpha value is -2.61. The summed E-state index contributed by atoms with van der Waals surface area (Å²) in [5.41, 5.74) is 3.25. The van der Waals surface area contributed by atoms with Crippen molar-refractivity contribution < 1.29 is 4.74 Å². The van der Waals surface area contributed by atoms with Crippen LogP contribution in [0.1, 0.15) is 11.1 Å². The van der Waals surface area contributed by atoms with Gasteiger partial charge in [-0.2, -0.15) is 0 Å². The monoisotopic (exact) mass is 275 g/mol. The van der Waals surface area contributed by atoms with Crippen LogP contribution in [-0.2, 0) is 13.0 Å². The maximum Gasteiger partial charge on any atom is 0.132 e. The van der Waals surface area contributed by atoms with Crippen LogP contribution in [0.15, 0.2) is 73.4 Å². The molecule has 1 heterocycles. The Labute approximate surface area is 124 Å². The largest absolute Gasteiger partial charge is 0.488 e. The maximum absolute atomic E-state index is 6.10. The molecule has 0 aliphatic rings. The number of allylic oxidation sites excluding steroid dienone is 1. The van der Waals surface area contributed by atoms with Crippen LogP contribution in [-0.4, -0.2) is 4.98 Å². The molecule has 2 heteroatoms. The Kier molecular flexibility index (Phi) is 3.97. The molecule has 0 spiro atoms. The molecule has 104 valence electrons. The van der Waals surface area contributed by atoms with Gasteiger partial charge in [-0.15, -0.1) is 6.58 Å². The van der Waals surface area contributed by atoms with Crippen molar-refractivity contribution in [3.05, 3.63) is 84.6 Å². The molecule has 2 nitrogen and oxygen atoms in total. The lowest BCUT2D eigenvalue weighted by Gasteiger charge is -2.13. The first-order chi connectivity index (χ1) is 10.4. The molecule has 0 atom stereocenters. The van der Waals surface area contributed by atoms with Gasteiger partial charge in [0.2, 0.25) is 0 Å². The fraction of sp³-hybridized carbons (Fsp3) is 0.105. The van der Waals surface area contributed by atoms with E-state index in [1.807, 2.05) is 36.4 Å². The number of nitrogens with zero attached hydrogens (tertiary/aromatic N) is 1. The van der Waals surface area contributed by atoms with Crippen LogP contribution in [0.3, 0.4) is 0 Å². The molecular weight excluding hydrogens is 258 g/mol. The van der Waals surface area contributed by atoms with E-state index in [0.717, 1.165) is 34.2 Å². The highest BCUT2D eigenvalue weighted by Crippen LogP contribution is 2.30. The molecule has 0 aliphatic heterocycles. The molecule has 0 saturated carbocycles. The zero-order valence-corrected chi connectivity index (χ0v) is 11.8. The highest BCUT2D eigenvalue weighted by Gasteiger charge is 2.09. The number of rotatable bonds is 5. The highest BCUT2D eigenvalue weighted by molar-refractivity contribution is 5.86. The van der Waals surface area contributed by atoms with E-state index < -0.39 is 0 Å². The standard InChI is InChI=1S/C19H17NO/c1-2-7-16-11-12-18-17(10-6-13-20-18)19(16)21-14-15-8-4-3-5-9-15/h2-6,8-13H,1,7,14H2. The third-order valence-corrected chi connectivity index (χ3v) is 3.41. The minimum Gasteiger partial charge on any atom is -0.488 e. The number of pyridine rings is 1. The summed E-state index contributed by atoms with van der Waals surface area (Å²) in [7, 11) is 0. The second-order valence-electron chi connectivity index (χ2n) is 4.89. The molecule has 0 N–H and O–H groups in total. The first-order valence-electron chi connectivity index (χ1n) is 7.02. The molecule has 0 fully saturated rings. The molecule has 1 aromatic heterocycles. The number of fused-ring (bicyclic) bond motifs is 1. The summed E-state index contributed by atoms with van der Waals surface area (Å²) in [4.78, 5) is 4.39. The topological polar surface area (TPSA) is 22.1 Å². The number of hydrogen-bond acceptors (Lipinski definition) is 2. The van der Waals surface area contributed by atoms with E-state index in [-0.39, 0.29) is 0 Å². The number of aromatic nitrogens is 1. The number of benzene rings is 2. The quantitative estimate of drug-likeness (QED) is 0.638. The number of hydrogen-bond donors (Lipinski definition) is 0. The van der Waals surface area contributed by atoms with Crippen molar-refractivity contribution in [2.24, 2.45) is 0 Å². The Morgan fingerprint density at radius 1 is 1.00 bits per heavy atom. The minimum atomic E-state index is 0.555. The van der Waals surface area contributed by atoms with Gasteiger partial charge in [0.1, 0.15) is 12.4 Å². The normalized spacial score (nSPS) is 10.5. The van der Waals surface area contributed by atoms with Gasteiger partial charge in [-0.3, -0.25) is 4.98 Å². The Morgan fingerprint density at radius 2 is 1.86 bits per heavy atom. The smallest absolute Gasteiger partial charge is 0.132 e. The third-order valence-electron chi connectivity index (χ3n) is 3.41. The van der Waals surface area contributed by atoms with Crippen molar-refractivity contribution in [2.75, 3.05) is 0 Å². The molecule has 21 heavy (non-hydrogen) atoms. The van der Waals surface area contributed by atoms with Crippen LogP contribution in [0.2, 0.25) is 0 Å². The summed E-state index contributed by atoms with van der Waals surface area (Å²) in [6.45, 7) is 4.38. The van der Waals surface area contributed by atoms with Crippen LogP contribution >= 0.6 is 0 Å². The summed E-state index contributed by atoms with van der Waals surface area (Å²) in [6.07, 6.45) is 4.48. The molecule has 0 amide bonds. The zero-order valence-electron chi connectivity index (χ0n) is 11.8. The average Bonchev–Trinajstić information content (AvgIpc) is 2.55. The predicted molar refractivity (Wildman–Crippen MR) is 86.4 cm³/mol. The van der Waals surface area contributed by atoms with Gasteiger partial charge in [0.25, 0.3) is 0 Å². The number of ether oxygens (including phenoxy) is 1. The van der Waals surface area contributed by atoms with E-state index in [1.165, 1.54) is 0 Å². The van der Waals surface area contributed by atoms with Crippen molar-refractivity contribution in [3.63, 3.8) is 0 Å². The van der Waals surface area contributed by atoms with Crippen LogP contribution < -0.4 is 4.74 Å². The van der Waals surface area contributed by atoms with E-state index in [9.17, 15) is 0 Å². The summed E-state index contributed by atoms with van der Waals surface area (Å²) in [6, 6.07) is 18.3. The second-order valence-corrected chi connectivity index (χ2v) is 4.89. The van der Waals surface area contributed by atoms with Crippen LogP contribution in [0.25, 0.3) is 10.9 Å². The molecule has 0 bridgehead atoms. The lowest BCUT2D eigenvalue weighted by Crippen LogP contribution is -1.99. The lowest BCUT2D eigenvalue weighted by molar-refractivity contribution is 0.307. The van der Waals surface area contributed by atoms with Gasteiger partial charge in [-0.25, -0.2) is 0 Å². The van der Waals surface area contributed by atoms with Crippen molar-refractivity contribution in [3.8, 4) is 5.75 Å². The summed E-state index contributed by atoms with van der Waals surface area (Å²) < 4.78 is 6.10. The summed E-state index contributed by atoms with van der Waals surface area (Å²) in [5.74, 6) is 0.907. The van der Waals surface area contributed by atoms with Crippen LogP contribution in [0.5, 0.6) is 5.75 Å². The lowest BCUT2D eigenvalue weighted by atomic mass is 10.1. The molecule has 0 aliphatic carbocycles. The van der Waals surface area contributed by atoms with Gasteiger partial charge in [0.15, 0.2) is 0 Å². The Morgan fingerprint density at radius 3 is 2.67 bits per heavy atom. The molecule has 3 rings (SSSR count). The SMILES string of the molecule is C=CCc1ccc2ncccc2c1OCc1ccccc1. The summed E-state index contributed by atoms with van der Waals surface area (Å²) >= 11 is 0. The molecule has 0 saturated heterocycles.